The van der Waals surface area contributed by atoms with Crippen molar-refractivity contribution >= 4 is 24.2 Å². The molecule has 0 bridgehead atoms. The second-order valence-electron chi connectivity index (χ2n) is 9.62. The molecule has 2 aliphatic rings. The minimum absolute atomic E-state index is 0.0239. The summed E-state index contributed by atoms with van der Waals surface area (Å²) in [5.74, 6) is 0.0798. The van der Waals surface area contributed by atoms with Gasteiger partial charge in [0.1, 0.15) is 12.3 Å². The minimum atomic E-state index is -1.26. The first kappa shape index (κ1) is 25.7. The van der Waals surface area contributed by atoms with Crippen LogP contribution in [-0.2, 0) is 14.4 Å². The summed E-state index contributed by atoms with van der Waals surface area (Å²) in [6, 6.07) is 8.46. The van der Waals surface area contributed by atoms with E-state index >= 15 is 0 Å². The average molecular weight is 472 g/mol. The summed E-state index contributed by atoms with van der Waals surface area (Å²) in [5.41, 5.74) is 1.23. The summed E-state index contributed by atoms with van der Waals surface area (Å²) in [6.45, 7) is 1.36. The average Bonchev–Trinajstić information content (AvgIpc) is 2.86. The van der Waals surface area contributed by atoms with Gasteiger partial charge in [-0.15, -0.1) is 0 Å². The largest absolute Gasteiger partial charge is 0.465 e. The van der Waals surface area contributed by atoms with Crippen molar-refractivity contribution in [2.75, 3.05) is 13.1 Å². The van der Waals surface area contributed by atoms with Gasteiger partial charge in [0.2, 0.25) is 11.8 Å². The Morgan fingerprint density at radius 3 is 2.44 bits per heavy atom. The van der Waals surface area contributed by atoms with Gasteiger partial charge in [-0.2, -0.15) is 0 Å². The zero-order valence-electron chi connectivity index (χ0n) is 19.8. The molecular formula is C26H37N3O5. The summed E-state index contributed by atoms with van der Waals surface area (Å²) >= 11 is 0. The Bertz CT molecular complexity index is 825. The predicted octanol–water partition coefficient (Wildman–Crippen LogP) is 3.46. The highest BCUT2D eigenvalue weighted by atomic mass is 16.4. The van der Waals surface area contributed by atoms with E-state index in [1.807, 2.05) is 23.1 Å². The lowest BCUT2D eigenvalue weighted by Gasteiger charge is -2.33. The van der Waals surface area contributed by atoms with Gasteiger partial charge >= 0.3 is 6.09 Å². The van der Waals surface area contributed by atoms with E-state index in [1.54, 1.807) is 0 Å². The van der Waals surface area contributed by atoms with E-state index in [9.17, 15) is 19.2 Å². The molecule has 3 rings (SSSR count). The number of aldehydes is 1. The van der Waals surface area contributed by atoms with E-state index in [1.165, 1.54) is 12.0 Å². The first-order valence-corrected chi connectivity index (χ1v) is 12.5. The van der Waals surface area contributed by atoms with Crippen LogP contribution in [0, 0.1) is 5.92 Å². The van der Waals surface area contributed by atoms with Crippen LogP contribution in [0.2, 0.25) is 0 Å². The molecule has 0 spiro atoms. The molecule has 186 valence electrons. The molecule has 1 aromatic rings. The van der Waals surface area contributed by atoms with E-state index in [0.717, 1.165) is 38.5 Å². The fraction of sp³-hybridized carbons (Fsp3) is 0.615. The van der Waals surface area contributed by atoms with Gasteiger partial charge in [0, 0.05) is 25.4 Å². The molecule has 8 nitrogen and oxygen atoms in total. The molecule has 0 aromatic heterocycles. The number of nitrogens with zero attached hydrogens (tertiary/aromatic N) is 1. The monoisotopic (exact) mass is 471 g/mol. The van der Waals surface area contributed by atoms with Gasteiger partial charge in [0.05, 0.1) is 6.04 Å². The van der Waals surface area contributed by atoms with Crippen LogP contribution < -0.4 is 10.6 Å². The molecule has 3 amide bonds. The number of carboxylic acid groups (broad SMARTS) is 1. The Kier molecular flexibility index (Phi) is 9.91. The Morgan fingerprint density at radius 1 is 1.03 bits per heavy atom. The number of rotatable bonds is 10. The van der Waals surface area contributed by atoms with Gasteiger partial charge in [-0.1, -0.05) is 62.4 Å². The third-order valence-corrected chi connectivity index (χ3v) is 7.11. The number of amides is 3. The number of carbonyl (C=O) groups is 4. The molecule has 34 heavy (non-hydrogen) atoms. The second-order valence-corrected chi connectivity index (χ2v) is 9.62. The van der Waals surface area contributed by atoms with Crippen LogP contribution in [0.15, 0.2) is 30.3 Å². The summed E-state index contributed by atoms with van der Waals surface area (Å²) in [6.07, 6.45) is 7.45. The van der Waals surface area contributed by atoms with Gasteiger partial charge in [-0.25, -0.2) is 4.79 Å². The Hall–Kier alpha value is -2.90. The summed E-state index contributed by atoms with van der Waals surface area (Å²) in [4.78, 5) is 50.3. The van der Waals surface area contributed by atoms with Crippen molar-refractivity contribution < 1.29 is 24.3 Å². The first-order chi connectivity index (χ1) is 16.5. The first-order valence-electron chi connectivity index (χ1n) is 12.5. The van der Waals surface area contributed by atoms with Gasteiger partial charge in [-0.3, -0.25) is 9.59 Å². The summed E-state index contributed by atoms with van der Waals surface area (Å²) in [7, 11) is 0. The van der Waals surface area contributed by atoms with Gasteiger partial charge in [-0.05, 0) is 37.2 Å². The lowest BCUT2D eigenvalue weighted by Crippen LogP contribution is -2.50. The van der Waals surface area contributed by atoms with Crippen molar-refractivity contribution in [1.82, 2.24) is 15.5 Å². The zero-order chi connectivity index (χ0) is 24.3. The normalized spacial score (nSPS) is 20.7. The maximum atomic E-state index is 12.8. The van der Waals surface area contributed by atoms with Crippen LogP contribution in [0.1, 0.15) is 75.7 Å². The Morgan fingerprint density at radius 2 is 1.76 bits per heavy atom. The highest BCUT2D eigenvalue weighted by molar-refractivity contribution is 5.87. The van der Waals surface area contributed by atoms with Crippen molar-refractivity contribution in [1.29, 1.82) is 0 Å². The van der Waals surface area contributed by atoms with Crippen LogP contribution in [0.3, 0.4) is 0 Å². The zero-order valence-corrected chi connectivity index (χ0v) is 19.8. The van der Waals surface area contributed by atoms with Crippen molar-refractivity contribution in [3.05, 3.63) is 35.9 Å². The third kappa shape index (κ3) is 7.85. The van der Waals surface area contributed by atoms with Crippen LogP contribution in [0.5, 0.6) is 0 Å². The van der Waals surface area contributed by atoms with Crippen LogP contribution in [-0.4, -0.2) is 59.4 Å². The highest BCUT2D eigenvalue weighted by Gasteiger charge is 2.28. The van der Waals surface area contributed by atoms with Crippen LogP contribution in [0.4, 0.5) is 4.79 Å². The van der Waals surface area contributed by atoms with E-state index in [0.29, 0.717) is 37.6 Å². The van der Waals surface area contributed by atoms with Crippen molar-refractivity contribution in [2.45, 2.75) is 82.2 Å². The summed E-state index contributed by atoms with van der Waals surface area (Å²) < 4.78 is 0. The molecule has 1 saturated carbocycles. The third-order valence-electron chi connectivity index (χ3n) is 7.11. The maximum absolute atomic E-state index is 12.8. The number of nitrogens with one attached hydrogen (secondary N) is 2. The molecule has 0 radical (unpaired) electrons. The fourth-order valence-corrected chi connectivity index (χ4v) is 5.23. The molecule has 1 saturated heterocycles. The maximum Gasteiger partial charge on any atom is 0.405 e. The SMILES string of the molecule is O=CC(CCC(=O)N1CCCC(c2ccccc2)C1)NC(=O)C(CC1CCCCC1)NC(=O)O. The van der Waals surface area contributed by atoms with Crippen LogP contribution >= 0.6 is 0 Å². The second kappa shape index (κ2) is 13.1. The molecule has 1 aliphatic heterocycles. The predicted molar refractivity (Wildman–Crippen MR) is 128 cm³/mol. The van der Waals surface area contributed by atoms with Crippen LogP contribution in [0.25, 0.3) is 0 Å². The van der Waals surface area contributed by atoms with Gasteiger partial charge < -0.3 is 25.4 Å². The quantitative estimate of drug-likeness (QED) is 0.452. The topological polar surface area (TPSA) is 116 Å². The number of carbonyl (C=O) groups excluding carboxylic acids is 3. The van der Waals surface area contributed by atoms with E-state index in [4.69, 9.17) is 5.11 Å². The van der Waals surface area contributed by atoms with Crippen molar-refractivity contribution in [3.8, 4) is 0 Å². The Labute approximate surface area is 201 Å². The highest BCUT2D eigenvalue weighted by Crippen LogP contribution is 2.28. The lowest BCUT2D eigenvalue weighted by molar-refractivity contribution is -0.133. The molecule has 1 aromatic carbocycles. The number of hydrogen-bond acceptors (Lipinski definition) is 4. The molecule has 3 atom stereocenters. The number of piperidine rings is 1. The van der Waals surface area contributed by atoms with Crippen molar-refractivity contribution in [3.63, 3.8) is 0 Å². The molecule has 1 aliphatic carbocycles. The van der Waals surface area contributed by atoms with E-state index in [-0.39, 0.29) is 18.7 Å². The van der Waals surface area contributed by atoms with Crippen molar-refractivity contribution in [2.24, 2.45) is 5.92 Å². The molecular weight excluding hydrogens is 434 g/mol. The number of hydrogen-bond donors (Lipinski definition) is 3. The van der Waals surface area contributed by atoms with Gasteiger partial charge in [0.15, 0.2) is 0 Å². The minimum Gasteiger partial charge on any atom is -0.465 e. The smallest absolute Gasteiger partial charge is 0.405 e. The molecule has 8 heteroatoms. The fourth-order valence-electron chi connectivity index (χ4n) is 5.23. The summed E-state index contributed by atoms with van der Waals surface area (Å²) in [5, 5.41) is 14.1. The lowest BCUT2D eigenvalue weighted by atomic mass is 9.84. The standard InChI is InChI=1S/C26H37N3O5/c30-18-22(27-25(32)23(28-26(33)34)16-19-8-3-1-4-9-19)13-14-24(31)29-15-7-12-21(17-29)20-10-5-2-6-11-20/h2,5-6,10-11,18-19,21-23,28H,1,3-4,7-9,12-17H2,(H,27,32)(H,33,34). The number of benzene rings is 1. The Balaban J connectivity index is 1.50. The molecule has 3 unspecified atom stereocenters. The van der Waals surface area contributed by atoms with E-state index in [2.05, 4.69) is 22.8 Å². The van der Waals surface area contributed by atoms with E-state index < -0.39 is 24.1 Å². The number of likely N-dealkylation sites (tertiary alicyclic amines) is 1. The van der Waals surface area contributed by atoms with Gasteiger partial charge in [0.25, 0.3) is 0 Å². The molecule has 2 fully saturated rings. The molecule has 1 heterocycles. The molecule has 3 N–H and O–H groups in total.